The number of amides is 1. The number of thiophene rings is 1. The fraction of sp³-hybridized carbons (Fsp3) is 0.389. The van der Waals surface area contributed by atoms with Crippen LogP contribution in [0.1, 0.15) is 29.7 Å². The van der Waals surface area contributed by atoms with Crippen LogP contribution >= 0.6 is 22.9 Å². The van der Waals surface area contributed by atoms with Crippen LogP contribution in [-0.2, 0) is 27.8 Å². The quantitative estimate of drug-likeness (QED) is 0.790. The highest BCUT2D eigenvalue weighted by atomic mass is 35.5. The summed E-state index contributed by atoms with van der Waals surface area (Å²) in [5.74, 6) is -0.110. The van der Waals surface area contributed by atoms with Gasteiger partial charge in [-0.3, -0.25) is 4.79 Å². The smallest absolute Gasteiger partial charge is 0.252 e. The first kappa shape index (κ1) is 19.4. The fourth-order valence-electron chi connectivity index (χ4n) is 2.86. The van der Waals surface area contributed by atoms with Crippen molar-refractivity contribution in [2.45, 2.75) is 36.4 Å². The lowest BCUT2D eigenvalue weighted by molar-refractivity contribution is -0.120. The van der Waals surface area contributed by atoms with Crippen LogP contribution in [0.4, 0.5) is 0 Å². The molecular weight excluding hydrogens is 392 g/mol. The van der Waals surface area contributed by atoms with E-state index in [4.69, 9.17) is 11.6 Å². The Bertz CT molecular complexity index is 857. The Morgan fingerprint density at radius 2 is 1.77 bits per heavy atom. The zero-order chi connectivity index (χ0) is 18.6. The molecule has 1 aliphatic heterocycles. The van der Waals surface area contributed by atoms with Crippen molar-refractivity contribution in [3.8, 4) is 0 Å². The molecule has 8 heteroatoms. The summed E-state index contributed by atoms with van der Waals surface area (Å²) in [5, 5.41) is 3.47. The van der Waals surface area contributed by atoms with E-state index < -0.39 is 10.0 Å². The van der Waals surface area contributed by atoms with Gasteiger partial charge >= 0.3 is 0 Å². The molecule has 2 aromatic rings. The zero-order valence-electron chi connectivity index (χ0n) is 14.3. The van der Waals surface area contributed by atoms with Gasteiger partial charge in [0.05, 0.1) is 13.0 Å². The van der Waals surface area contributed by atoms with Gasteiger partial charge in [-0.25, -0.2) is 8.42 Å². The number of halogens is 1. The third-order valence-corrected chi connectivity index (χ3v) is 7.99. The van der Waals surface area contributed by atoms with E-state index in [2.05, 4.69) is 5.32 Å². The van der Waals surface area contributed by atoms with Crippen LogP contribution in [0.2, 0.25) is 5.02 Å². The van der Waals surface area contributed by atoms with Crippen LogP contribution in [0.5, 0.6) is 0 Å². The minimum Gasteiger partial charge on any atom is -0.351 e. The average Bonchev–Trinajstić information content (AvgIpc) is 3.13. The van der Waals surface area contributed by atoms with Crippen molar-refractivity contribution >= 4 is 38.9 Å². The van der Waals surface area contributed by atoms with Crippen LogP contribution < -0.4 is 5.32 Å². The number of piperidine rings is 1. The second-order valence-electron chi connectivity index (χ2n) is 6.27. The van der Waals surface area contributed by atoms with Crippen molar-refractivity contribution in [3.63, 3.8) is 0 Å². The molecule has 140 valence electrons. The van der Waals surface area contributed by atoms with Gasteiger partial charge in [0.1, 0.15) is 4.21 Å². The van der Waals surface area contributed by atoms with Gasteiger partial charge in [-0.1, -0.05) is 30.2 Å². The van der Waals surface area contributed by atoms with E-state index >= 15 is 0 Å². The summed E-state index contributed by atoms with van der Waals surface area (Å²) in [6.45, 7) is 1.51. The average molecular weight is 413 g/mol. The minimum absolute atomic E-state index is 0.110. The van der Waals surface area contributed by atoms with Crippen molar-refractivity contribution < 1.29 is 13.2 Å². The van der Waals surface area contributed by atoms with Gasteiger partial charge in [-0.05, 0) is 42.7 Å². The first-order valence-corrected chi connectivity index (χ1v) is 11.2. The summed E-state index contributed by atoms with van der Waals surface area (Å²) in [7, 11) is -3.41. The lowest BCUT2D eigenvalue weighted by atomic mass is 10.1. The summed E-state index contributed by atoms with van der Waals surface area (Å²) in [5.41, 5.74) is 0.881. The van der Waals surface area contributed by atoms with Gasteiger partial charge in [-0.15, -0.1) is 11.3 Å². The van der Waals surface area contributed by atoms with Gasteiger partial charge in [0, 0.05) is 23.0 Å². The minimum atomic E-state index is -3.41. The van der Waals surface area contributed by atoms with E-state index in [1.54, 1.807) is 28.6 Å². The molecule has 0 atom stereocenters. The largest absolute Gasteiger partial charge is 0.351 e. The lowest BCUT2D eigenvalue weighted by Crippen LogP contribution is -2.35. The molecule has 0 unspecified atom stereocenters. The normalized spacial score (nSPS) is 15.7. The fourth-order valence-corrected chi connectivity index (χ4v) is 5.95. The van der Waals surface area contributed by atoms with Crippen molar-refractivity contribution in [1.29, 1.82) is 0 Å². The summed E-state index contributed by atoms with van der Waals surface area (Å²) >= 11 is 7.05. The van der Waals surface area contributed by atoms with Gasteiger partial charge in [0.25, 0.3) is 10.0 Å². The number of carbonyl (C=O) groups is 1. The number of rotatable bonds is 6. The molecule has 1 aromatic heterocycles. The Kier molecular flexibility index (Phi) is 6.34. The molecule has 1 aliphatic rings. The maximum absolute atomic E-state index is 12.6. The molecule has 5 nitrogen and oxygen atoms in total. The van der Waals surface area contributed by atoms with E-state index in [0.717, 1.165) is 29.7 Å². The lowest BCUT2D eigenvalue weighted by Gasteiger charge is -2.25. The first-order valence-electron chi connectivity index (χ1n) is 8.55. The van der Waals surface area contributed by atoms with Crippen LogP contribution in [-0.4, -0.2) is 31.7 Å². The topological polar surface area (TPSA) is 66.5 Å². The summed E-state index contributed by atoms with van der Waals surface area (Å²) in [6, 6.07) is 10.5. The number of sulfonamides is 1. The van der Waals surface area contributed by atoms with Gasteiger partial charge in [-0.2, -0.15) is 4.31 Å². The predicted molar refractivity (Wildman–Crippen MR) is 104 cm³/mol. The van der Waals surface area contributed by atoms with E-state index in [0.29, 0.717) is 28.9 Å². The number of nitrogens with zero attached hydrogens (tertiary/aromatic N) is 1. The number of carbonyl (C=O) groups excluding carboxylic acids is 1. The van der Waals surface area contributed by atoms with Crippen LogP contribution in [0.15, 0.2) is 40.6 Å². The molecule has 26 heavy (non-hydrogen) atoms. The number of nitrogens with one attached hydrogen (secondary N) is 1. The molecule has 0 saturated carbocycles. The molecular formula is C18H21ClN2O3S2. The molecule has 0 radical (unpaired) electrons. The predicted octanol–water partition coefficient (Wildman–Crippen LogP) is 3.44. The number of hydrogen-bond acceptors (Lipinski definition) is 4. The van der Waals surface area contributed by atoms with E-state index in [-0.39, 0.29) is 12.3 Å². The molecule has 1 fully saturated rings. The van der Waals surface area contributed by atoms with E-state index in [1.807, 2.05) is 12.1 Å². The van der Waals surface area contributed by atoms with Crippen LogP contribution in [0, 0.1) is 0 Å². The van der Waals surface area contributed by atoms with Crippen molar-refractivity contribution in [2.75, 3.05) is 13.1 Å². The van der Waals surface area contributed by atoms with Crippen molar-refractivity contribution in [1.82, 2.24) is 9.62 Å². The Morgan fingerprint density at radius 3 is 2.46 bits per heavy atom. The van der Waals surface area contributed by atoms with Crippen molar-refractivity contribution in [2.24, 2.45) is 0 Å². The molecule has 0 aliphatic carbocycles. The molecule has 1 N–H and O–H groups in total. The summed E-state index contributed by atoms with van der Waals surface area (Å²) < 4.78 is 27.2. The molecule has 1 aromatic carbocycles. The van der Waals surface area contributed by atoms with Gasteiger partial charge < -0.3 is 5.32 Å². The van der Waals surface area contributed by atoms with E-state index in [9.17, 15) is 13.2 Å². The third-order valence-electron chi connectivity index (χ3n) is 4.28. The second-order valence-corrected chi connectivity index (χ2v) is 10.0. The first-order chi connectivity index (χ1) is 12.4. The highest BCUT2D eigenvalue weighted by Crippen LogP contribution is 2.27. The summed E-state index contributed by atoms with van der Waals surface area (Å²) in [4.78, 5) is 12.9. The Balaban J connectivity index is 1.56. The number of hydrogen-bond donors (Lipinski definition) is 1. The molecule has 2 heterocycles. The number of benzene rings is 1. The molecule has 1 saturated heterocycles. The standard InChI is InChI=1S/C18H21ClN2O3S2/c19-15-6-4-14(5-7-15)12-17(22)20-13-16-8-9-18(25-16)26(23,24)21-10-2-1-3-11-21/h4-9H,1-3,10-13H2,(H,20,22). The van der Waals surface area contributed by atoms with Crippen molar-refractivity contribution in [3.05, 3.63) is 51.9 Å². The Hall–Kier alpha value is -1.41. The van der Waals surface area contributed by atoms with Crippen LogP contribution in [0.3, 0.4) is 0 Å². The Morgan fingerprint density at radius 1 is 1.08 bits per heavy atom. The van der Waals surface area contributed by atoms with Gasteiger partial charge in [0.15, 0.2) is 0 Å². The monoisotopic (exact) mass is 412 g/mol. The van der Waals surface area contributed by atoms with E-state index in [1.165, 1.54) is 11.3 Å². The molecule has 3 rings (SSSR count). The maximum atomic E-state index is 12.6. The second kappa shape index (κ2) is 8.52. The molecule has 0 spiro atoms. The SMILES string of the molecule is O=C(Cc1ccc(Cl)cc1)NCc1ccc(S(=O)(=O)N2CCCCC2)s1. The maximum Gasteiger partial charge on any atom is 0.252 e. The zero-order valence-corrected chi connectivity index (χ0v) is 16.7. The molecule has 1 amide bonds. The van der Waals surface area contributed by atoms with Crippen LogP contribution in [0.25, 0.3) is 0 Å². The van der Waals surface area contributed by atoms with Gasteiger partial charge in [0.2, 0.25) is 5.91 Å². The summed E-state index contributed by atoms with van der Waals surface area (Å²) in [6.07, 6.45) is 3.18. The third kappa shape index (κ3) is 4.85. The Labute approximate surface area is 163 Å². The molecule has 0 bridgehead atoms. The highest BCUT2D eigenvalue weighted by molar-refractivity contribution is 7.91. The highest BCUT2D eigenvalue weighted by Gasteiger charge is 2.27.